The molecule has 3 atom stereocenters. The van der Waals surface area contributed by atoms with Crippen molar-refractivity contribution in [3.05, 3.63) is 34.9 Å². The average molecular weight is 392 g/mol. The zero-order valence-electron chi connectivity index (χ0n) is 16.3. The molecule has 0 heterocycles. The molecule has 0 unspecified atom stereocenters. The van der Waals surface area contributed by atoms with Crippen molar-refractivity contribution in [3.63, 3.8) is 0 Å². The lowest BCUT2D eigenvalue weighted by Crippen LogP contribution is -2.46. The Balaban J connectivity index is 1.60. The molecule has 1 aromatic carbocycles. The summed E-state index contributed by atoms with van der Waals surface area (Å²) in [6, 6.07) is 7.60. The van der Waals surface area contributed by atoms with Crippen LogP contribution >= 0.6 is 11.6 Å². The van der Waals surface area contributed by atoms with Crippen LogP contribution < -0.4 is 5.32 Å². The number of hydrogen-bond acceptors (Lipinski definition) is 3. The molecule has 0 aliphatic heterocycles. The fourth-order valence-corrected chi connectivity index (χ4v) is 4.79. The van der Waals surface area contributed by atoms with Crippen LogP contribution in [0.25, 0.3) is 0 Å². The summed E-state index contributed by atoms with van der Waals surface area (Å²) >= 11 is 5.99. The highest BCUT2D eigenvalue weighted by atomic mass is 35.5. The number of nitrogens with one attached hydrogen (secondary N) is 1. The lowest BCUT2D eigenvalue weighted by molar-refractivity contribution is -0.154. The van der Waals surface area contributed by atoms with Crippen molar-refractivity contribution in [2.24, 2.45) is 11.8 Å². The molecule has 5 heteroatoms. The predicted molar refractivity (Wildman–Crippen MR) is 107 cm³/mol. The Hall–Kier alpha value is -1.55. The zero-order valence-corrected chi connectivity index (χ0v) is 17.1. The van der Waals surface area contributed by atoms with Gasteiger partial charge in [-0.05, 0) is 48.8 Å². The smallest absolute Gasteiger partial charge is 0.317 e. The van der Waals surface area contributed by atoms with E-state index in [4.69, 9.17) is 16.3 Å². The summed E-state index contributed by atoms with van der Waals surface area (Å²) in [6.07, 6.45) is 6.84. The molecule has 2 fully saturated rings. The topological polar surface area (TPSA) is 55.4 Å². The van der Waals surface area contributed by atoms with Gasteiger partial charge in [0.25, 0.3) is 5.91 Å². The van der Waals surface area contributed by atoms with Crippen LogP contribution in [0.15, 0.2) is 24.3 Å². The van der Waals surface area contributed by atoms with Crippen LogP contribution in [-0.4, -0.2) is 24.5 Å². The number of amides is 1. The van der Waals surface area contributed by atoms with Crippen molar-refractivity contribution < 1.29 is 14.3 Å². The van der Waals surface area contributed by atoms with E-state index in [1.165, 1.54) is 6.42 Å². The van der Waals surface area contributed by atoms with Crippen LogP contribution in [0.3, 0.4) is 0 Å². The number of ether oxygens (including phenoxy) is 1. The Bertz CT molecular complexity index is 667. The molecule has 0 radical (unpaired) electrons. The maximum atomic E-state index is 12.9. The van der Waals surface area contributed by atoms with E-state index in [0.717, 1.165) is 44.1 Å². The Labute approximate surface area is 167 Å². The number of halogens is 1. The summed E-state index contributed by atoms with van der Waals surface area (Å²) in [4.78, 5) is 25.3. The first-order valence-corrected chi connectivity index (χ1v) is 10.5. The molecular weight excluding hydrogens is 362 g/mol. The number of esters is 1. The van der Waals surface area contributed by atoms with Crippen molar-refractivity contribution in [1.82, 2.24) is 5.32 Å². The van der Waals surface area contributed by atoms with Crippen molar-refractivity contribution in [2.75, 3.05) is 6.61 Å². The minimum atomic E-state index is -0.641. The SMILES string of the molecule is C[C@H]1[C@H](C)CCC[C@@H]1NC(=O)COC(=O)C1(c2ccc(Cl)cc2)CCCC1. The minimum Gasteiger partial charge on any atom is -0.455 e. The fourth-order valence-electron chi connectivity index (χ4n) is 4.66. The van der Waals surface area contributed by atoms with E-state index in [1.54, 1.807) is 0 Å². The lowest BCUT2D eigenvalue weighted by atomic mass is 9.78. The third-order valence-electron chi connectivity index (χ3n) is 6.63. The molecule has 0 spiro atoms. The number of carbonyl (C=O) groups is 2. The van der Waals surface area contributed by atoms with E-state index in [0.29, 0.717) is 16.9 Å². The summed E-state index contributed by atoms with van der Waals surface area (Å²) in [6.45, 7) is 4.22. The predicted octanol–water partition coefficient (Wildman–Crippen LogP) is 4.64. The van der Waals surface area contributed by atoms with Crippen LogP contribution in [0.4, 0.5) is 0 Å². The zero-order chi connectivity index (χ0) is 19.4. The van der Waals surface area contributed by atoms with Gasteiger partial charge in [-0.2, -0.15) is 0 Å². The van der Waals surface area contributed by atoms with Gasteiger partial charge in [0.2, 0.25) is 0 Å². The molecule has 27 heavy (non-hydrogen) atoms. The summed E-state index contributed by atoms with van der Waals surface area (Å²) in [7, 11) is 0. The molecule has 0 bridgehead atoms. The number of benzene rings is 1. The van der Waals surface area contributed by atoms with E-state index < -0.39 is 5.41 Å². The molecule has 1 N–H and O–H groups in total. The van der Waals surface area contributed by atoms with Gasteiger partial charge in [-0.3, -0.25) is 9.59 Å². The molecule has 1 aromatic rings. The molecular formula is C22H30ClNO3. The number of carbonyl (C=O) groups excluding carboxylic acids is 2. The molecule has 0 aromatic heterocycles. The van der Waals surface area contributed by atoms with E-state index in [9.17, 15) is 9.59 Å². The molecule has 4 nitrogen and oxygen atoms in total. The fraction of sp³-hybridized carbons (Fsp3) is 0.636. The van der Waals surface area contributed by atoms with E-state index in [1.807, 2.05) is 24.3 Å². The average Bonchev–Trinajstić information content (AvgIpc) is 3.15. The Morgan fingerprint density at radius 3 is 2.44 bits per heavy atom. The van der Waals surface area contributed by atoms with Crippen LogP contribution in [0, 0.1) is 11.8 Å². The van der Waals surface area contributed by atoms with Gasteiger partial charge in [0.1, 0.15) is 0 Å². The van der Waals surface area contributed by atoms with Gasteiger partial charge < -0.3 is 10.1 Å². The maximum Gasteiger partial charge on any atom is 0.317 e. The Kier molecular flexibility index (Phi) is 6.46. The lowest BCUT2D eigenvalue weighted by Gasteiger charge is -2.34. The summed E-state index contributed by atoms with van der Waals surface area (Å²) in [5.41, 5.74) is 0.293. The standard InChI is InChI=1S/C22H30ClNO3/c1-15-6-5-7-19(16(15)2)24-20(25)14-27-21(26)22(12-3-4-13-22)17-8-10-18(23)11-9-17/h8-11,15-16,19H,3-7,12-14H2,1-2H3,(H,24,25)/t15-,16+,19+/m1/s1. The third kappa shape index (κ3) is 4.48. The Morgan fingerprint density at radius 2 is 1.78 bits per heavy atom. The van der Waals surface area contributed by atoms with Crippen molar-refractivity contribution in [2.45, 2.75) is 70.3 Å². The number of rotatable bonds is 5. The van der Waals surface area contributed by atoms with Crippen LogP contribution in [0.1, 0.15) is 64.4 Å². The first kappa shape index (κ1) is 20.2. The molecule has 2 aliphatic rings. The van der Waals surface area contributed by atoms with Gasteiger partial charge in [-0.1, -0.05) is 63.3 Å². The quantitative estimate of drug-likeness (QED) is 0.744. The van der Waals surface area contributed by atoms with E-state index >= 15 is 0 Å². The highest BCUT2D eigenvalue weighted by Crippen LogP contribution is 2.42. The number of hydrogen-bond donors (Lipinski definition) is 1. The van der Waals surface area contributed by atoms with Crippen LogP contribution in [-0.2, 0) is 19.7 Å². The highest BCUT2D eigenvalue weighted by Gasteiger charge is 2.44. The van der Waals surface area contributed by atoms with Gasteiger partial charge >= 0.3 is 5.97 Å². The van der Waals surface area contributed by atoms with Gasteiger partial charge in [0.15, 0.2) is 6.61 Å². The monoisotopic (exact) mass is 391 g/mol. The normalized spacial score (nSPS) is 27.1. The second-order valence-electron chi connectivity index (χ2n) is 8.31. The largest absolute Gasteiger partial charge is 0.455 e. The van der Waals surface area contributed by atoms with Crippen LogP contribution in [0.2, 0.25) is 5.02 Å². The maximum absolute atomic E-state index is 12.9. The summed E-state index contributed by atoms with van der Waals surface area (Å²) in [5.74, 6) is 0.577. The molecule has 2 aliphatic carbocycles. The van der Waals surface area contributed by atoms with Crippen molar-refractivity contribution in [1.29, 1.82) is 0 Å². The van der Waals surface area contributed by atoms with Gasteiger partial charge in [0.05, 0.1) is 5.41 Å². The van der Waals surface area contributed by atoms with Gasteiger partial charge in [0, 0.05) is 11.1 Å². The second kappa shape index (κ2) is 8.64. The molecule has 148 valence electrons. The second-order valence-corrected chi connectivity index (χ2v) is 8.75. The molecule has 0 saturated heterocycles. The molecule has 1 amide bonds. The van der Waals surface area contributed by atoms with Crippen LogP contribution in [0.5, 0.6) is 0 Å². The van der Waals surface area contributed by atoms with E-state index in [2.05, 4.69) is 19.2 Å². The summed E-state index contributed by atoms with van der Waals surface area (Å²) in [5, 5.41) is 3.72. The highest BCUT2D eigenvalue weighted by molar-refractivity contribution is 6.30. The first-order valence-electron chi connectivity index (χ1n) is 10.1. The molecule has 3 rings (SSSR count). The minimum absolute atomic E-state index is 0.177. The Morgan fingerprint density at radius 1 is 1.11 bits per heavy atom. The van der Waals surface area contributed by atoms with Crippen molar-refractivity contribution >= 4 is 23.5 Å². The molecule has 2 saturated carbocycles. The van der Waals surface area contributed by atoms with Gasteiger partial charge in [-0.15, -0.1) is 0 Å². The van der Waals surface area contributed by atoms with Crippen molar-refractivity contribution in [3.8, 4) is 0 Å². The first-order chi connectivity index (χ1) is 12.9. The summed E-state index contributed by atoms with van der Waals surface area (Å²) < 4.78 is 5.50. The third-order valence-corrected chi connectivity index (χ3v) is 6.88. The van der Waals surface area contributed by atoms with Gasteiger partial charge in [-0.25, -0.2) is 0 Å². The van der Waals surface area contributed by atoms with E-state index in [-0.39, 0.29) is 24.5 Å².